The first kappa shape index (κ1) is 12.1. The number of nitrogens with zero attached hydrogens (tertiary/aromatic N) is 2. The molecule has 0 saturated carbocycles. The minimum atomic E-state index is -0.0287. The van der Waals surface area contributed by atoms with Crippen LogP contribution in [-0.4, -0.2) is 9.13 Å². The van der Waals surface area contributed by atoms with Crippen molar-refractivity contribution >= 4 is 0 Å². The van der Waals surface area contributed by atoms with Crippen molar-refractivity contribution in [1.82, 2.24) is 9.13 Å². The van der Waals surface area contributed by atoms with E-state index in [1.54, 1.807) is 33.7 Å². The van der Waals surface area contributed by atoms with Gasteiger partial charge in [-0.3, -0.25) is 9.59 Å². The first-order valence-corrected chi connectivity index (χ1v) is 5.73. The summed E-state index contributed by atoms with van der Waals surface area (Å²) in [5.41, 5.74) is -0.0574. The molecule has 2 rings (SSSR count). The van der Waals surface area contributed by atoms with E-state index < -0.39 is 0 Å². The molecule has 18 heavy (non-hydrogen) atoms. The fraction of sp³-hybridized carbons (Fsp3) is 0.143. The summed E-state index contributed by atoms with van der Waals surface area (Å²) in [7, 11) is 0. The monoisotopic (exact) mass is 242 g/mol. The van der Waals surface area contributed by atoms with Crippen LogP contribution in [0.5, 0.6) is 0 Å². The average Bonchev–Trinajstić information content (AvgIpc) is 2.38. The molecule has 0 aromatic carbocycles. The van der Waals surface area contributed by atoms with E-state index >= 15 is 0 Å². The molecule has 0 aliphatic carbocycles. The molecule has 0 N–H and O–H groups in total. The fourth-order valence-corrected chi connectivity index (χ4v) is 1.60. The molecule has 0 fully saturated rings. The first-order valence-electron chi connectivity index (χ1n) is 5.73. The quantitative estimate of drug-likeness (QED) is 0.758. The molecule has 4 heteroatoms. The van der Waals surface area contributed by atoms with Crippen molar-refractivity contribution < 1.29 is 0 Å². The Labute approximate surface area is 104 Å². The van der Waals surface area contributed by atoms with Crippen molar-refractivity contribution in [1.29, 1.82) is 0 Å². The van der Waals surface area contributed by atoms with Crippen molar-refractivity contribution in [2.24, 2.45) is 0 Å². The maximum Gasteiger partial charge on any atom is 0.250 e. The van der Waals surface area contributed by atoms with Gasteiger partial charge in [-0.1, -0.05) is 24.3 Å². The molecule has 0 saturated heterocycles. The molecule has 2 aromatic heterocycles. The van der Waals surface area contributed by atoms with E-state index in [9.17, 15) is 9.59 Å². The lowest BCUT2D eigenvalue weighted by molar-refractivity contribution is 0.752. The summed E-state index contributed by atoms with van der Waals surface area (Å²) in [5, 5.41) is 0. The van der Waals surface area contributed by atoms with Gasteiger partial charge >= 0.3 is 0 Å². The Morgan fingerprint density at radius 3 is 1.61 bits per heavy atom. The third kappa shape index (κ3) is 3.07. The third-order valence-electron chi connectivity index (χ3n) is 2.57. The Morgan fingerprint density at radius 1 is 0.778 bits per heavy atom. The molecule has 4 nitrogen and oxygen atoms in total. The summed E-state index contributed by atoms with van der Waals surface area (Å²) < 4.78 is 3.20. The standard InChI is InChI=1S/C14H14N2O2/c17-13-7-1-3-9-15(13)11-5-6-12-16-10-4-2-8-14(16)18/h1-10H,11-12H2. The Balaban J connectivity index is 1.98. The lowest BCUT2D eigenvalue weighted by atomic mass is 10.4. The number of hydrogen-bond donors (Lipinski definition) is 0. The Hall–Kier alpha value is -2.36. The Bertz CT molecular complexity index is 595. The zero-order chi connectivity index (χ0) is 12.8. The van der Waals surface area contributed by atoms with Crippen LogP contribution in [0.25, 0.3) is 0 Å². The van der Waals surface area contributed by atoms with E-state index in [0.29, 0.717) is 13.1 Å². The van der Waals surface area contributed by atoms with Gasteiger partial charge < -0.3 is 9.13 Å². The van der Waals surface area contributed by atoms with Crippen LogP contribution in [0.3, 0.4) is 0 Å². The highest BCUT2D eigenvalue weighted by atomic mass is 16.1. The highest BCUT2D eigenvalue weighted by Crippen LogP contribution is 1.87. The normalized spacial score (nSPS) is 10.9. The van der Waals surface area contributed by atoms with Gasteiger partial charge in [0.1, 0.15) is 0 Å². The van der Waals surface area contributed by atoms with Crippen LogP contribution in [-0.2, 0) is 13.1 Å². The van der Waals surface area contributed by atoms with E-state index in [0.717, 1.165) is 0 Å². The molecule has 0 amide bonds. The number of allylic oxidation sites excluding steroid dienone is 2. The number of hydrogen-bond acceptors (Lipinski definition) is 2. The van der Waals surface area contributed by atoms with E-state index in [-0.39, 0.29) is 11.1 Å². The zero-order valence-electron chi connectivity index (χ0n) is 9.90. The second-order valence-corrected chi connectivity index (χ2v) is 3.85. The van der Waals surface area contributed by atoms with Gasteiger partial charge in [-0.2, -0.15) is 0 Å². The predicted octanol–water partition coefficient (Wildman–Crippen LogP) is 1.27. The summed E-state index contributed by atoms with van der Waals surface area (Å²) in [5.74, 6) is 0. The predicted molar refractivity (Wildman–Crippen MR) is 70.5 cm³/mol. The first-order chi connectivity index (χ1) is 8.77. The SMILES string of the molecule is O=c1ccccn1CC=CCn1ccccc1=O. The van der Waals surface area contributed by atoms with Crippen LogP contribution < -0.4 is 11.1 Å². The molecular weight excluding hydrogens is 228 g/mol. The van der Waals surface area contributed by atoms with Crippen LogP contribution in [0, 0.1) is 0 Å². The maximum atomic E-state index is 11.4. The van der Waals surface area contributed by atoms with Crippen LogP contribution in [0.4, 0.5) is 0 Å². The van der Waals surface area contributed by atoms with Gasteiger partial charge in [0.05, 0.1) is 0 Å². The molecule has 0 atom stereocenters. The molecule has 0 unspecified atom stereocenters. The van der Waals surface area contributed by atoms with Gasteiger partial charge in [-0.05, 0) is 12.1 Å². The number of rotatable bonds is 4. The summed E-state index contributed by atoms with van der Waals surface area (Å²) in [6.07, 6.45) is 7.23. The van der Waals surface area contributed by atoms with Crippen molar-refractivity contribution in [3.8, 4) is 0 Å². The van der Waals surface area contributed by atoms with Crippen molar-refractivity contribution in [2.75, 3.05) is 0 Å². The third-order valence-corrected chi connectivity index (χ3v) is 2.57. The maximum absolute atomic E-state index is 11.4. The molecular formula is C14H14N2O2. The highest BCUT2D eigenvalue weighted by molar-refractivity contribution is 4.97. The molecule has 0 spiro atoms. The zero-order valence-corrected chi connectivity index (χ0v) is 9.90. The molecule has 92 valence electrons. The summed E-state index contributed by atoms with van der Waals surface area (Å²) in [6, 6.07) is 10.1. The van der Waals surface area contributed by atoms with Crippen molar-refractivity contribution in [2.45, 2.75) is 13.1 Å². The van der Waals surface area contributed by atoms with Crippen molar-refractivity contribution in [3.63, 3.8) is 0 Å². The van der Waals surface area contributed by atoms with Gasteiger partial charge in [0.25, 0.3) is 11.1 Å². The average molecular weight is 242 g/mol. The van der Waals surface area contributed by atoms with Gasteiger partial charge in [0.2, 0.25) is 0 Å². The molecule has 2 heterocycles. The number of pyridine rings is 2. The Kier molecular flexibility index (Phi) is 3.91. The molecule has 2 aromatic rings. The van der Waals surface area contributed by atoms with Gasteiger partial charge in [-0.25, -0.2) is 0 Å². The minimum absolute atomic E-state index is 0.0287. The highest BCUT2D eigenvalue weighted by Gasteiger charge is 1.91. The van der Waals surface area contributed by atoms with Gasteiger partial charge in [0, 0.05) is 37.6 Å². The molecule has 0 aliphatic heterocycles. The summed E-state index contributed by atoms with van der Waals surface area (Å²) in [6.45, 7) is 1.03. The van der Waals surface area contributed by atoms with Crippen LogP contribution in [0.15, 0.2) is 70.5 Å². The lowest BCUT2D eigenvalue weighted by Gasteiger charge is -2.01. The summed E-state index contributed by atoms with van der Waals surface area (Å²) in [4.78, 5) is 22.8. The topological polar surface area (TPSA) is 44.0 Å². The minimum Gasteiger partial charge on any atom is -0.312 e. The fourth-order valence-electron chi connectivity index (χ4n) is 1.60. The second-order valence-electron chi connectivity index (χ2n) is 3.85. The summed E-state index contributed by atoms with van der Waals surface area (Å²) >= 11 is 0. The van der Waals surface area contributed by atoms with E-state index in [2.05, 4.69) is 0 Å². The smallest absolute Gasteiger partial charge is 0.250 e. The second kappa shape index (κ2) is 5.82. The molecule has 0 radical (unpaired) electrons. The molecule has 0 bridgehead atoms. The van der Waals surface area contributed by atoms with E-state index in [1.165, 1.54) is 12.1 Å². The van der Waals surface area contributed by atoms with Crippen LogP contribution in [0.2, 0.25) is 0 Å². The van der Waals surface area contributed by atoms with Gasteiger partial charge in [-0.15, -0.1) is 0 Å². The number of aromatic nitrogens is 2. The van der Waals surface area contributed by atoms with Crippen LogP contribution in [0.1, 0.15) is 0 Å². The van der Waals surface area contributed by atoms with E-state index in [4.69, 9.17) is 0 Å². The van der Waals surface area contributed by atoms with Crippen LogP contribution >= 0.6 is 0 Å². The lowest BCUT2D eigenvalue weighted by Crippen LogP contribution is -2.18. The molecule has 0 aliphatic rings. The van der Waals surface area contributed by atoms with Crippen molar-refractivity contribution in [3.05, 3.63) is 81.7 Å². The van der Waals surface area contributed by atoms with E-state index in [1.807, 2.05) is 24.3 Å². The largest absolute Gasteiger partial charge is 0.312 e. The van der Waals surface area contributed by atoms with Gasteiger partial charge in [0.15, 0.2) is 0 Å². The Morgan fingerprint density at radius 2 is 1.22 bits per heavy atom.